The number of carbonyl (C=O) groups is 1. The zero-order valence-electron chi connectivity index (χ0n) is 16.1. The third-order valence-corrected chi connectivity index (χ3v) is 7.45. The number of anilines is 1. The Morgan fingerprint density at radius 1 is 1.21 bits per heavy atom. The van der Waals surface area contributed by atoms with Crippen molar-refractivity contribution in [3.8, 4) is 10.4 Å². The molecule has 0 spiro atoms. The summed E-state index contributed by atoms with van der Waals surface area (Å²) in [5.74, 6) is -0.126. The summed E-state index contributed by atoms with van der Waals surface area (Å²) in [4.78, 5) is 32.0. The molecule has 1 amide bonds. The number of aromatic nitrogens is 2. The van der Waals surface area contributed by atoms with E-state index in [0.29, 0.717) is 15.4 Å². The van der Waals surface area contributed by atoms with Crippen LogP contribution in [0.3, 0.4) is 0 Å². The van der Waals surface area contributed by atoms with Gasteiger partial charge in [0.05, 0.1) is 10.6 Å². The van der Waals surface area contributed by atoms with Crippen molar-refractivity contribution in [1.29, 1.82) is 0 Å². The standard InChI is InChI=1S/C21H19N3O2S3/c1-12-6-8-14(9-7-12)22-18(25)13(2)29-21-23-19-17(20(26)24(21)3)15(11-28-19)16-5-4-10-27-16/h4-11,13H,1-3H3,(H,22,25). The molecule has 148 valence electrons. The van der Waals surface area contributed by atoms with Gasteiger partial charge in [0, 0.05) is 28.6 Å². The lowest BCUT2D eigenvalue weighted by molar-refractivity contribution is -0.115. The Hall–Kier alpha value is -2.42. The smallest absolute Gasteiger partial charge is 0.263 e. The van der Waals surface area contributed by atoms with Gasteiger partial charge in [-0.2, -0.15) is 0 Å². The summed E-state index contributed by atoms with van der Waals surface area (Å²) in [6.07, 6.45) is 0. The minimum absolute atomic E-state index is 0.0895. The Kier molecular flexibility index (Phi) is 5.58. The van der Waals surface area contributed by atoms with Crippen molar-refractivity contribution >= 4 is 56.2 Å². The zero-order chi connectivity index (χ0) is 20.5. The van der Waals surface area contributed by atoms with E-state index in [0.717, 1.165) is 21.7 Å². The molecule has 3 aromatic heterocycles. The highest BCUT2D eigenvalue weighted by Gasteiger charge is 2.20. The minimum Gasteiger partial charge on any atom is -0.325 e. The first-order valence-corrected chi connectivity index (χ1v) is 11.6. The fraction of sp³-hybridized carbons (Fsp3) is 0.190. The van der Waals surface area contributed by atoms with Gasteiger partial charge in [0.25, 0.3) is 5.56 Å². The number of hydrogen-bond donors (Lipinski definition) is 1. The predicted molar refractivity (Wildman–Crippen MR) is 123 cm³/mol. The van der Waals surface area contributed by atoms with Crippen LogP contribution in [0.5, 0.6) is 0 Å². The molecule has 0 aliphatic heterocycles. The number of fused-ring (bicyclic) bond motifs is 1. The molecule has 1 aromatic carbocycles. The van der Waals surface area contributed by atoms with Gasteiger partial charge in [0.2, 0.25) is 5.91 Å². The molecule has 0 saturated carbocycles. The summed E-state index contributed by atoms with van der Waals surface area (Å²) in [5.41, 5.74) is 2.73. The van der Waals surface area contributed by atoms with Crippen LogP contribution >= 0.6 is 34.4 Å². The highest BCUT2D eigenvalue weighted by molar-refractivity contribution is 8.00. The fourth-order valence-corrected chi connectivity index (χ4v) is 5.54. The molecular formula is C21H19N3O2S3. The Balaban J connectivity index is 1.59. The molecule has 0 fully saturated rings. The average molecular weight is 442 g/mol. The predicted octanol–water partition coefficient (Wildman–Crippen LogP) is 5.15. The van der Waals surface area contributed by atoms with E-state index in [1.807, 2.05) is 61.0 Å². The second kappa shape index (κ2) is 8.14. The maximum atomic E-state index is 13.0. The van der Waals surface area contributed by atoms with Gasteiger partial charge < -0.3 is 5.32 Å². The molecule has 4 rings (SSSR count). The highest BCUT2D eigenvalue weighted by Crippen LogP contribution is 2.34. The molecule has 29 heavy (non-hydrogen) atoms. The second-order valence-electron chi connectivity index (χ2n) is 6.68. The number of amides is 1. The van der Waals surface area contributed by atoms with E-state index < -0.39 is 5.25 Å². The fourth-order valence-electron chi connectivity index (χ4n) is 2.86. The number of rotatable bonds is 5. The molecule has 0 saturated heterocycles. The van der Waals surface area contributed by atoms with Gasteiger partial charge in [-0.3, -0.25) is 14.2 Å². The van der Waals surface area contributed by atoms with Crippen LogP contribution in [0.25, 0.3) is 20.7 Å². The van der Waals surface area contributed by atoms with E-state index in [1.165, 1.54) is 27.7 Å². The number of nitrogens with zero attached hydrogens (tertiary/aromatic N) is 2. The lowest BCUT2D eigenvalue weighted by Gasteiger charge is -2.13. The molecular weight excluding hydrogens is 422 g/mol. The topological polar surface area (TPSA) is 64.0 Å². The lowest BCUT2D eigenvalue weighted by Crippen LogP contribution is -2.25. The van der Waals surface area contributed by atoms with Crippen LogP contribution in [-0.4, -0.2) is 20.7 Å². The van der Waals surface area contributed by atoms with Gasteiger partial charge in [-0.25, -0.2) is 4.98 Å². The maximum absolute atomic E-state index is 13.0. The first-order valence-electron chi connectivity index (χ1n) is 9.00. The average Bonchev–Trinajstić information content (AvgIpc) is 3.37. The van der Waals surface area contributed by atoms with E-state index in [2.05, 4.69) is 10.3 Å². The van der Waals surface area contributed by atoms with Crippen LogP contribution in [0.15, 0.2) is 57.1 Å². The lowest BCUT2D eigenvalue weighted by atomic mass is 10.2. The zero-order valence-corrected chi connectivity index (χ0v) is 18.6. The summed E-state index contributed by atoms with van der Waals surface area (Å²) < 4.78 is 1.53. The summed E-state index contributed by atoms with van der Waals surface area (Å²) >= 11 is 4.35. The van der Waals surface area contributed by atoms with E-state index in [4.69, 9.17) is 0 Å². The van der Waals surface area contributed by atoms with Gasteiger partial charge in [-0.15, -0.1) is 22.7 Å². The summed E-state index contributed by atoms with van der Waals surface area (Å²) in [5, 5.41) is 7.66. The molecule has 4 aromatic rings. The van der Waals surface area contributed by atoms with Gasteiger partial charge >= 0.3 is 0 Å². The molecule has 3 heterocycles. The number of thioether (sulfide) groups is 1. The molecule has 0 aliphatic carbocycles. The van der Waals surface area contributed by atoms with Crippen molar-refractivity contribution in [2.45, 2.75) is 24.3 Å². The third kappa shape index (κ3) is 4.01. The normalized spacial score (nSPS) is 12.2. The minimum atomic E-state index is -0.399. The van der Waals surface area contributed by atoms with Gasteiger partial charge in [-0.05, 0) is 37.4 Å². The first-order chi connectivity index (χ1) is 13.9. The Bertz CT molecular complexity index is 1220. The van der Waals surface area contributed by atoms with Crippen LogP contribution in [-0.2, 0) is 11.8 Å². The van der Waals surface area contributed by atoms with Crippen LogP contribution in [0.2, 0.25) is 0 Å². The number of carbonyl (C=O) groups excluding carboxylic acids is 1. The third-order valence-electron chi connectivity index (χ3n) is 4.53. The summed E-state index contributed by atoms with van der Waals surface area (Å²) in [6.45, 7) is 3.82. The molecule has 1 N–H and O–H groups in total. The van der Waals surface area contributed by atoms with Crippen molar-refractivity contribution in [3.63, 3.8) is 0 Å². The summed E-state index contributed by atoms with van der Waals surface area (Å²) in [6, 6.07) is 11.6. The molecule has 0 bridgehead atoms. The Morgan fingerprint density at radius 2 is 1.97 bits per heavy atom. The number of aryl methyl sites for hydroxylation is 1. The SMILES string of the molecule is Cc1ccc(NC(=O)C(C)Sc2nc3scc(-c4cccs4)c3c(=O)n2C)cc1. The first kappa shape index (κ1) is 19.9. The van der Waals surface area contributed by atoms with E-state index >= 15 is 0 Å². The van der Waals surface area contributed by atoms with Crippen molar-refractivity contribution in [2.24, 2.45) is 7.05 Å². The Morgan fingerprint density at radius 3 is 2.66 bits per heavy atom. The van der Waals surface area contributed by atoms with Gasteiger partial charge in [0.1, 0.15) is 4.83 Å². The van der Waals surface area contributed by atoms with E-state index in [1.54, 1.807) is 18.4 Å². The van der Waals surface area contributed by atoms with Gasteiger partial charge in [-0.1, -0.05) is 35.5 Å². The van der Waals surface area contributed by atoms with Crippen molar-refractivity contribution < 1.29 is 4.79 Å². The van der Waals surface area contributed by atoms with Crippen LogP contribution in [0.4, 0.5) is 5.69 Å². The van der Waals surface area contributed by atoms with E-state index in [-0.39, 0.29) is 11.5 Å². The van der Waals surface area contributed by atoms with Crippen LogP contribution < -0.4 is 10.9 Å². The maximum Gasteiger partial charge on any atom is 0.263 e. The molecule has 1 atom stereocenters. The number of nitrogens with one attached hydrogen (secondary N) is 1. The monoisotopic (exact) mass is 441 g/mol. The summed E-state index contributed by atoms with van der Waals surface area (Å²) in [7, 11) is 1.71. The molecule has 0 radical (unpaired) electrons. The highest BCUT2D eigenvalue weighted by atomic mass is 32.2. The molecule has 5 nitrogen and oxygen atoms in total. The largest absolute Gasteiger partial charge is 0.325 e. The second-order valence-corrected chi connectivity index (χ2v) is 9.79. The number of hydrogen-bond acceptors (Lipinski definition) is 6. The molecule has 0 aliphatic rings. The van der Waals surface area contributed by atoms with E-state index in [9.17, 15) is 9.59 Å². The van der Waals surface area contributed by atoms with Crippen LogP contribution in [0.1, 0.15) is 12.5 Å². The Labute approximate surface area is 180 Å². The van der Waals surface area contributed by atoms with Crippen molar-refractivity contribution in [1.82, 2.24) is 9.55 Å². The number of benzene rings is 1. The number of thiophene rings is 2. The van der Waals surface area contributed by atoms with Gasteiger partial charge in [0.15, 0.2) is 5.16 Å². The molecule has 1 unspecified atom stereocenters. The van der Waals surface area contributed by atoms with Crippen LogP contribution in [0, 0.1) is 6.92 Å². The quantitative estimate of drug-likeness (QED) is 0.344. The van der Waals surface area contributed by atoms with Crippen molar-refractivity contribution in [2.75, 3.05) is 5.32 Å². The van der Waals surface area contributed by atoms with Crippen molar-refractivity contribution in [3.05, 3.63) is 63.1 Å². The molecule has 8 heteroatoms.